The number of hydrogen-bond donors (Lipinski definition) is 1. The number of halogens is 1. The van der Waals surface area contributed by atoms with Gasteiger partial charge in [-0.2, -0.15) is 0 Å². The maximum absolute atomic E-state index is 12.3. The van der Waals surface area contributed by atoms with Crippen molar-refractivity contribution in [3.8, 4) is 5.75 Å². The third kappa shape index (κ3) is 3.97. The number of likely N-dealkylation sites (N-methyl/N-ethyl adjacent to an activating group) is 1. The van der Waals surface area contributed by atoms with Crippen molar-refractivity contribution in [3.63, 3.8) is 0 Å². The summed E-state index contributed by atoms with van der Waals surface area (Å²) in [4.78, 5) is 13.9. The molecule has 1 aromatic carbocycles. The van der Waals surface area contributed by atoms with Gasteiger partial charge in [-0.1, -0.05) is 11.6 Å². The molecular weight excluding hydrogens is 318 g/mol. The van der Waals surface area contributed by atoms with Crippen molar-refractivity contribution in [1.82, 2.24) is 4.90 Å². The van der Waals surface area contributed by atoms with E-state index in [2.05, 4.69) is 0 Å². The number of hydrogen-bond acceptors (Lipinski definition) is 4. The fourth-order valence-corrected chi connectivity index (χ4v) is 3.13. The van der Waals surface area contributed by atoms with Gasteiger partial charge in [-0.25, -0.2) is 0 Å². The summed E-state index contributed by atoms with van der Waals surface area (Å²) in [5, 5.41) is 10.9. The monoisotopic (exact) mass is 341 g/mol. The van der Waals surface area contributed by atoms with Crippen molar-refractivity contribution in [1.29, 1.82) is 0 Å². The van der Waals surface area contributed by atoms with E-state index < -0.39 is 6.10 Å². The number of ether oxygens (including phenoxy) is 2. The molecule has 23 heavy (non-hydrogen) atoms. The van der Waals surface area contributed by atoms with Crippen LogP contribution in [0.15, 0.2) is 12.1 Å². The predicted molar refractivity (Wildman–Crippen MR) is 89.0 cm³/mol. The molecule has 0 radical (unpaired) electrons. The first kappa shape index (κ1) is 18.0. The Hall–Kier alpha value is -1.30. The van der Waals surface area contributed by atoms with Crippen LogP contribution in [0.5, 0.6) is 5.75 Å². The third-order valence-corrected chi connectivity index (χ3v) is 5.08. The van der Waals surface area contributed by atoms with Gasteiger partial charge in [0.2, 0.25) is 0 Å². The molecule has 0 aromatic heterocycles. The van der Waals surface area contributed by atoms with Crippen LogP contribution in [0, 0.1) is 13.8 Å². The number of aliphatic hydroxyl groups is 1. The van der Waals surface area contributed by atoms with E-state index in [4.69, 9.17) is 21.1 Å². The number of carbonyl (C=O) groups is 1. The summed E-state index contributed by atoms with van der Waals surface area (Å²) in [5.41, 5.74) is 1.83. The Balaban J connectivity index is 1.94. The van der Waals surface area contributed by atoms with E-state index in [-0.39, 0.29) is 24.7 Å². The normalized spacial score (nSPS) is 23.8. The summed E-state index contributed by atoms with van der Waals surface area (Å²) in [7, 11) is 3.27. The summed E-state index contributed by atoms with van der Waals surface area (Å²) in [6.45, 7) is 3.73. The molecule has 1 aliphatic rings. The zero-order valence-corrected chi connectivity index (χ0v) is 14.8. The Morgan fingerprint density at radius 2 is 1.96 bits per heavy atom. The maximum Gasteiger partial charge on any atom is 0.260 e. The lowest BCUT2D eigenvalue weighted by Gasteiger charge is -2.28. The Kier molecular flexibility index (Phi) is 5.89. The van der Waals surface area contributed by atoms with Crippen molar-refractivity contribution < 1.29 is 19.4 Å². The largest absolute Gasteiger partial charge is 0.484 e. The molecule has 128 valence electrons. The number of nitrogens with zero attached hydrogens (tertiary/aromatic N) is 1. The van der Waals surface area contributed by atoms with Crippen LogP contribution in [-0.2, 0) is 9.53 Å². The topological polar surface area (TPSA) is 59.0 Å². The minimum absolute atomic E-state index is 0.0715. The van der Waals surface area contributed by atoms with Crippen molar-refractivity contribution in [2.45, 2.75) is 44.9 Å². The quantitative estimate of drug-likeness (QED) is 0.893. The van der Waals surface area contributed by atoms with Gasteiger partial charge < -0.3 is 19.5 Å². The molecule has 0 aliphatic heterocycles. The summed E-state index contributed by atoms with van der Waals surface area (Å²) in [5.74, 6) is 0.448. The van der Waals surface area contributed by atoms with Crippen LogP contribution in [-0.4, -0.2) is 54.9 Å². The molecule has 1 saturated carbocycles. The fourth-order valence-electron chi connectivity index (χ4n) is 3.03. The van der Waals surface area contributed by atoms with Crippen LogP contribution in [0.25, 0.3) is 0 Å². The van der Waals surface area contributed by atoms with Crippen molar-refractivity contribution in [2.75, 3.05) is 20.8 Å². The van der Waals surface area contributed by atoms with E-state index in [1.54, 1.807) is 19.1 Å². The van der Waals surface area contributed by atoms with E-state index >= 15 is 0 Å². The maximum atomic E-state index is 12.3. The molecule has 5 nitrogen and oxygen atoms in total. The number of benzene rings is 1. The van der Waals surface area contributed by atoms with Gasteiger partial charge in [0.1, 0.15) is 11.9 Å². The van der Waals surface area contributed by atoms with E-state index in [1.807, 2.05) is 26.0 Å². The Labute approximate surface area is 142 Å². The molecule has 0 unspecified atom stereocenters. The lowest BCUT2D eigenvalue weighted by molar-refractivity contribution is -0.136. The van der Waals surface area contributed by atoms with Gasteiger partial charge in [0.25, 0.3) is 5.91 Å². The number of rotatable bonds is 5. The van der Waals surface area contributed by atoms with Gasteiger partial charge in [0.15, 0.2) is 6.61 Å². The highest BCUT2D eigenvalue weighted by molar-refractivity contribution is 6.32. The molecule has 0 heterocycles. The molecule has 1 aliphatic carbocycles. The number of aryl methyl sites for hydroxylation is 2. The second kappa shape index (κ2) is 7.51. The predicted octanol–water partition coefficient (Wildman–Crippen LogP) is 2.33. The highest BCUT2D eigenvalue weighted by Crippen LogP contribution is 2.27. The summed E-state index contributed by atoms with van der Waals surface area (Å²) >= 11 is 6.12. The number of carbonyl (C=O) groups excluding carboxylic acids is 1. The lowest BCUT2D eigenvalue weighted by Crippen LogP contribution is -2.46. The van der Waals surface area contributed by atoms with E-state index in [1.165, 1.54) is 0 Å². The van der Waals surface area contributed by atoms with Gasteiger partial charge >= 0.3 is 0 Å². The highest BCUT2D eigenvalue weighted by atomic mass is 35.5. The van der Waals surface area contributed by atoms with E-state index in [0.29, 0.717) is 10.8 Å². The standard InChI is InChI=1S/C17H24ClNO4/c1-10-7-12(8-11(2)16(10)18)23-9-15(20)19(3)13-5-6-14(22-4)17(13)21/h7-8,13-14,17,21H,5-6,9H2,1-4H3/t13-,14-,17-/m1/s1. The van der Waals surface area contributed by atoms with Gasteiger partial charge in [-0.15, -0.1) is 0 Å². The van der Waals surface area contributed by atoms with Crippen molar-refractivity contribution >= 4 is 17.5 Å². The third-order valence-electron chi connectivity index (χ3n) is 4.49. The summed E-state index contributed by atoms with van der Waals surface area (Å²) < 4.78 is 10.8. The smallest absolute Gasteiger partial charge is 0.260 e. The van der Waals surface area contributed by atoms with Crippen LogP contribution >= 0.6 is 11.6 Å². The van der Waals surface area contributed by atoms with Gasteiger partial charge in [-0.05, 0) is 49.9 Å². The molecule has 0 spiro atoms. The number of aliphatic hydroxyl groups excluding tert-OH is 1. The second-order valence-corrected chi connectivity index (χ2v) is 6.45. The summed E-state index contributed by atoms with van der Waals surface area (Å²) in [6.07, 6.45) is 0.601. The average molecular weight is 342 g/mol. The SMILES string of the molecule is CO[C@@H]1CC[C@@H](N(C)C(=O)COc2cc(C)c(Cl)c(C)c2)[C@H]1O. The molecule has 6 heteroatoms. The molecular formula is C17H24ClNO4. The average Bonchev–Trinajstić information content (AvgIpc) is 2.90. The highest BCUT2D eigenvalue weighted by Gasteiger charge is 2.38. The second-order valence-electron chi connectivity index (χ2n) is 6.07. The first-order chi connectivity index (χ1) is 10.8. The Bertz CT molecular complexity index is 555. The summed E-state index contributed by atoms with van der Waals surface area (Å²) in [6, 6.07) is 3.40. The molecule has 2 rings (SSSR count). The first-order valence-corrected chi connectivity index (χ1v) is 8.09. The minimum Gasteiger partial charge on any atom is -0.484 e. The van der Waals surface area contributed by atoms with Crippen molar-refractivity contribution in [3.05, 3.63) is 28.3 Å². The van der Waals surface area contributed by atoms with Gasteiger partial charge in [0, 0.05) is 19.2 Å². The number of methoxy groups -OCH3 is 1. The van der Waals surface area contributed by atoms with Gasteiger partial charge in [0.05, 0.1) is 12.1 Å². The lowest BCUT2D eigenvalue weighted by atomic mass is 10.1. The molecule has 1 fully saturated rings. The molecule has 0 bridgehead atoms. The van der Waals surface area contributed by atoms with E-state index in [9.17, 15) is 9.90 Å². The molecule has 3 atom stereocenters. The molecule has 1 N–H and O–H groups in total. The van der Waals surface area contributed by atoms with Crippen LogP contribution in [0.4, 0.5) is 0 Å². The van der Waals surface area contributed by atoms with Crippen LogP contribution < -0.4 is 4.74 Å². The minimum atomic E-state index is -0.658. The Morgan fingerprint density at radius 3 is 2.48 bits per heavy atom. The molecule has 1 amide bonds. The molecule has 1 aromatic rings. The Morgan fingerprint density at radius 1 is 1.35 bits per heavy atom. The number of amides is 1. The zero-order chi connectivity index (χ0) is 17.1. The van der Waals surface area contributed by atoms with Crippen LogP contribution in [0.1, 0.15) is 24.0 Å². The first-order valence-electron chi connectivity index (χ1n) is 7.71. The zero-order valence-electron chi connectivity index (χ0n) is 14.0. The molecule has 0 saturated heterocycles. The fraction of sp³-hybridized carbons (Fsp3) is 0.588. The van der Waals surface area contributed by atoms with E-state index in [0.717, 1.165) is 24.0 Å². The van der Waals surface area contributed by atoms with Crippen LogP contribution in [0.3, 0.4) is 0 Å². The van der Waals surface area contributed by atoms with Gasteiger partial charge in [-0.3, -0.25) is 4.79 Å². The van der Waals surface area contributed by atoms with Crippen LogP contribution in [0.2, 0.25) is 5.02 Å². The van der Waals surface area contributed by atoms with Crippen molar-refractivity contribution in [2.24, 2.45) is 0 Å².